The van der Waals surface area contributed by atoms with Crippen molar-refractivity contribution in [2.24, 2.45) is 11.8 Å². The van der Waals surface area contributed by atoms with Crippen molar-refractivity contribution in [3.63, 3.8) is 0 Å². The third kappa shape index (κ3) is 2.98. The van der Waals surface area contributed by atoms with Crippen LogP contribution in [0.15, 0.2) is 40.9 Å². The van der Waals surface area contributed by atoms with E-state index in [0.717, 1.165) is 20.9 Å². The van der Waals surface area contributed by atoms with Gasteiger partial charge in [0.1, 0.15) is 0 Å². The molecule has 2 rings (SSSR count). The predicted octanol–water partition coefficient (Wildman–Crippen LogP) is 4.83. The summed E-state index contributed by atoms with van der Waals surface area (Å²) in [6.45, 7) is 6.08. The quantitative estimate of drug-likeness (QED) is 0.862. The van der Waals surface area contributed by atoms with E-state index >= 15 is 0 Å². The minimum atomic E-state index is 0.00223. The van der Waals surface area contributed by atoms with E-state index in [1.807, 2.05) is 43.3 Å². The highest BCUT2D eigenvalue weighted by Gasteiger charge is 2.17. The largest absolute Gasteiger partial charge is 0.325 e. The van der Waals surface area contributed by atoms with E-state index in [4.69, 9.17) is 0 Å². The second-order valence-electron chi connectivity index (χ2n) is 5.16. The number of carbonyl (C=O) groups excluding carboxylic acids is 1. The topological polar surface area (TPSA) is 29.1 Å². The first kappa shape index (κ1) is 14.1. The van der Waals surface area contributed by atoms with E-state index in [2.05, 4.69) is 35.1 Å². The molecule has 0 bridgehead atoms. The van der Waals surface area contributed by atoms with E-state index in [0.29, 0.717) is 5.92 Å². The molecule has 0 aliphatic carbocycles. The van der Waals surface area contributed by atoms with Crippen LogP contribution in [0.5, 0.6) is 0 Å². The first-order valence-corrected chi connectivity index (χ1v) is 7.28. The van der Waals surface area contributed by atoms with E-state index in [-0.39, 0.29) is 11.8 Å². The summed E-state index contributed by atoms with van der Waals surface area (Å²) in [5.41, 5.74) is 0.872. The van der Waals surface area contributed by atoms with E-state index in [1.165, 1.54) is 0 Å². The second-order valence-corrected chi connectivity index (χ2v) is 6.02. The molecule has 100 valence electrons. The second kappa shape index (κ2) is 5.74. The van der Waals surface area contributed by atoms with Crippen LogP contribution in [0, 0.1) is 11.8 Å². The number of benzene rings is 2. The molecule has 0 spiro atoms. The Kier molecular flexibility index (Phi) is 4.25. The van der Waals surface area contributed by atoms with Crippen molar-refractivity contribution in [1.82, 2.24) is 0 Å². The molecule has 0 saturated carbocycles. The highest BCUT2D eigenvalue weighted by Crippen LogP contribution is 2.30. The normalized spacial score (nSPS) is 12.7. The highest BCUT2D eigenvalue weighted by atomic mass is 79.9. The number of anilines is 1. The van der Waals surface area contributed by atoms with Crippen molar-refractivity contribution in [2.75, 3.05) is 5.32 Å². The Morgan fingerprint density at radius 2 is 1.68 bits per heavy atom. The molecule has 0 aromatic heterocycles. The summed E-state index contributed by atoms with van der Waals surface area (Å²) < 4.78 is 1.04. The first-order chi connectivity index (χ1) is 9.00. The van der Waals surface area contributed by atoms with Crippen molar-refractivity contribution in [3.8, 4) is 0 Å². The van der Waals surface area contributed by atoms with Gasteiger partial charge < -0.3 is 5.32 Å². The molecule has 1 unspecified atom stereocenters. The molecule has 1 atom stereocenters. The Bertz CT molecular complexity index is 607. The van der Waals surface area contributed by atoms with Crippen LogP contribution < -0.4 is 5.32 Å². The van der Waals surface area contributed by atoms with Crippen LogP contribution in [0.3, 0.4) is 0 Å². The molecule has 2 nitrogen and oxygen atoms in total. The molecular formula is C16H18BrNO. The molecule has 0 saturated heterocycles. The van der Waals surface area contributed by atoms with Gasteiger partial charge in [0.05, 0.1) is 0 Å². The first-order valence-electron chi connectivity index (χ1n) is 6.49. The number of carbonyl (C=O) groups is 1. The lowest BCUT2D eigenvalue weighted by molar-refractivity contribution is -0.120. The maximum atomic E-state index is 12.2. The molecular weight excluding hydrogens is 302 g/mol. The van der Waals surface area contributed by atoms with Crippen LogP contribution in [0.4, 0.5) is 5.69 Å². The summed E-state index contributed by atoms with van der Waals surface area (Å²) in [4.78, 5) is 12.2. The van der Waals surface area contributed by atoms with Crippen LogP contribution in [0.2, 0.25) is 0 Å². The summed E-state index contributed by atoms with van der Waals surface area (Å²) >= 11 is 3.54. The van der Waals surface area contributed by atoms with Crippen LogP contribution in [0.25, 0.3) is 10.8 Å². The summed E-state index contributed by atoms with van der Waals surface area (Å²) in [7, 11) is 0. The standard InChI is InChI=1S/C16H18BrNO/c1-10(2)11(3)16(19)18-15-9-8-14(17)12-6-4-5-7-13(12)15/h4-11H,1-3H3,(H,18,19). The molecule has 1 amide bonds. The summed E-state index contributed by atoms with van der Waals surface area (Å²) in [5, 5.41) is 5.20. The smallest absolute Gasteiger partial charge is 0.227 e. The molecule has 2 aromatic carbocycles. The number of nitrogens with one attached hydrogen (secondary N) is 1. The molecule has 0 heterocycles. The van der Waals surface area contributed by atoms with E-state index < -0.39 is 0 Å². The zero-order valence-electron chi connectivity index (χ0n) is 11.4. The fourth-order valence-electron chi connectivity index (χ4n) is 1.92. The van der Waals surface area contributed by atoms with Gasteiger partial charge in [-0.1, -0.05) is 61.0 Å². The van der Waals surface area contributed by atoms with Gasteiger partial charge in [-0.05, 0) is 23.4 Å². The van der Waals surface area contributed by atoms with Gasteiger partial charge in [0.2, 0.25) is 5.91 Å². The predicted molar refractivity (Wildman–Crippen MR) is 84.3 cm³/mol. The minimum absolute atomic E-state index is 0.00223. The molecule has 3 heteroatoms. The van der Waals surface area contributed by atoms with Crippen molar-refractivity contribution >= 4 is 38.3 Å². The Morgan fingerprint density at radius 3 is 2.32 bits per heavy atom. The number of amides is 1. The van der Waals surface area contributed by atoms with E-state index in [1.54, 1.807) is 0 Å². The molecule has 0 aliphatic rings. The maximum Gasteiger partial charge on any atom is 0.227 e. The van der Waals surface area contributed by atoms with Gasteiger partial charge in [0.25, 0.3) is 0 Å². The molecule has 0 aliphatic heterocycles. The average molecular weight is 320 g/mol. The number of hydrogen-bond donors (Lipinski definition) is 1. The Labute approximate surface area is 122 Å². The Balaban J connectivity index is 2.36. The molecule has 0 radical (unpaired) electrons. The molecule has 2 aromatic rings. The average Bonchev–Trinajstić information content (AvgIpc) is 2.41. The number of hydrogen-bond acceptors (Lipinski definition) is 1. The van der Waals surface area contributed by atoms with Crippen molar-refractivity contribution in [3.05, 3.63) is 40.9 Å². The van der Waals surface area contributed by atoms with E-state index in [9.17, 15) is 4.79 Å². The van der Waals surface area contributed by atoms with Gasteiger partial charge in [0, 0.05) is 21.5 Å². The lowest BCUT2D eigenvalue weighted by atomic mass is 9.97. The summed E-state index contributed by atoms with van der Waals surface area (Å²) in [6.07, 6.45) is 0. The molecule has 19 heavy (non-hydrogen) atoms. The molecule has 0 fully saturated rings. The monoisotopic (exact) mass is 319 g/mol. The van der Waals surface area contributed by atoms with Gasteiger partial charge >= 0.3 is 0 Å². The summed E-state index contributed by atoms with van der Waals surface area (Å²) in [6, 6.07) is 12.0. The van der Waals surface area contributed by atoms with Crippen LogP contribution in [-0.2, 0) is 4.79 Å². The van der Waals surface area contributed by atoms with Gasteiger partial charge in [0.15, 0.2) is 0 Å². The minimum Gasteiger partial charge on any atom is -0.325 e. The van der Waals surface area contributed by atoms with Gasteiger partial charge in [-0.2, -0.15) is 0 Å². The zero-order chi connectivity index (χ0) is 14.0. The fourth-order valence-corrected chi connectivity index (χ4v) is 2.40. The van der Waals surface area contributed by atoms with Crippen molar-refractivity contribution in [1.29, 1.82) is 0 Å². The van der Waals surface area contributed by atoms with Crippen molar-refractivity contribution in [2.45, 2.75) is 20.8 Å². The van der Waals surface area contributed by atoms with Gasteiger partial charge in [-0.15, -0.1) is 0 Å². The van der Waals surface area contributed by atoms with Crippen LogP contribution >= 0.6 is 15.9 Å². The lowest BCUT2D eigenvalue weighted by Crippen LogP contribution is -2.24. The number of halogens is 1. The fraction of sp³-hybridized carbons (Fsp3) is 0.312. The van der Waals surface area contributed by atoms with Gasteiger partial charge in [-0.3, -0.25) is 4.79 Å². The summed E-state index contributed by atoms with van der Waals surface area (Å²) in [5.74, 6) is 0.409. The lowest BCUT2D eigenvalue weighted by Gasteiger charge is -2.16. The van der Waals surface area contributed by atoms with Crippen LogP contribution in [-0.4, -0.2) is 5.91 Å². The number of rotatable bonds is 3. The maximum absolute atomic E-state index is 12.2. The SMILES string of the molecule is CC(C)C(C)C(=O)Nc1ccc(Br)c2ccccc12. The van der Waals surface area contributed by atoms with Gasteiger partial charge in [-0.25, -0.2) is 0 Å². The third-order valence-electron chi connectivity index (χ3n) is 3.54. The highest BCUT2D eigenvalue weighted by molar-refractivity contribution is 9.10. The Morgan fingerprint density at radius 1 is 1.05 bits per heavy atom. The molecule has 1 N–H and O–H groups in total. The third-order valence-corrected chi connectivity index (χ3v) is 4.23. The zero-order valence-corrected chi connectivity index (χ0v) is 13.0. The number of fused-ring (bicyclic) bond motifs is 1. The van der Waals surface area contributed by atoms with Crippen molar-refractivity contribution < 1.29 is 4.79 Å². The van der Waals surface area contributed by atoms with Crippen LogP contribution in [0.1, 0.15) is 20.8 Å². The Hall–Kier alpha value is -1.35.